The molecular formula is C18H25N3O. The van der Waals surface area contributed by atoms with Gasteiger partial charge in [-0.25, -0.2) is 0 Å². The van der Waals surface area contributed by atoms with Crippen LogP contribution in [0.4, 0.5) is 0 Å². The molecule has 4 nitrogen and oxygen atoms in total. The molecule has 1 aromatic carbocycles. The number of methoxy groups -OCH3 is 1. The summed E-state index contributed by atoms with van der Waals surface area (Å²) in [6.45, 7) is 6.21. The molecule has 1 aromatic heterocycles. The summed E-state index contributed by atoms with van der Waals surface area (Å²) in [7, 11) is 3.90. The van der Waals surface area contributed by atoms with E-state index >= 15 is 0 Å². The molecule has 0 radical (unpaired) electrons. The lowest BCUT2D eigenvalue weighted by Gasteiger charge is -2.27. The highest BCUT2D eigenvalue weighted by atomic mass is 16.5. The number of hydrogen-bond acceptors (Lipinski definition) is 4. The SMILES string of the molecule is CCCNCc1c2c(nc3ccc(OC)cc13)CCN(C)C2. The summed E-state index contributed by atoms with van der Waals surface area (Å²) in [6, 6.07) is 6.20. The predicted octanol–water partition coefficient (Wildman–Crippen LogP) is 2.73. The van der Waals surface area contributed by atoms with Crippen LogP contribution in [0.25, 0.3) is 10.9 Å². The average molecular weight is 299 g/mol. The van der Waals surface area contributed by atoms with E-state index in [0.717, 1.165) is 50.3 Å². The summed E-state index contributed by atoms with van der Waals surface area (Å²) < 4.78 is 5.41. The van der Waals surface area contributed by atoms with Gasteiger partial charge in [0.15, 0.2) is 0 Å². The number of hydrogen-bond donors (Lipinski definition) is 1. The molecule has 0 saturated heterocycles. The summed E-state index contributed by atoms with van der Waals surface area (Å²) in [5.74, 6) is 0.898. The zero-order valence-electron chi connectivity index (χ0n) is 13.8. The van der Waals surface area contributed by atoms with Crippen molar-refractivity contribution in [2.24, 2.45) is 0 Å². The Morgan fingerprint density at radius 2 is 2.23 bits per heavy atom. The van der Waals surface area contributed by atoms with E-state index in [1.54, 1.807) is 7.11 Å². The quantitative estimate of drug-likeness (QED) is 0.862. The second-order valence-electron chi connectivity index (χ2n) is 6.06. The topological polar surface area (TPSA) is 37.4 Å². The second kappa shape index (κ2) is 6.63. The maximum atomic E-state index is 5.41. The van der Waals surface area contributed by atoms with Gasteiger partial charge < -0.3 is 15.0 Å². The molecule has 2 aromatic rings. The number of nitrogens with one attached hydrogen (secondary N) is 1. The monoisotopic (exact) mass is 299 g/mol. The fraction of sp³-hybridized carbons (Fsp3) is 0.500. The molecule has 0 fully saturated rings. The Labute approximate surface area is 132 Å². The molecule has 0 amide bonds. The van der Waals surface area contributed by atoms with Crippen molar-refractivity contribution >= 4 is 10.9 Å². The Kier molecular flexibility index (Phi) is 4.60. The van der Waals surface area contributed by atoms with Crippen LogP contribution in [-0.4, -0.2) is 37.1 Å². The van der Waals surface area contributed by atoms with E-state index in [-0.39, 0.29) is 0 Å². The van der Waals surface area contributed by atoms with Gasteiger partial charge >= 0.3 is 0 Å². The predicted molar refractivity (Wildman–Crippen MR) is 90.3 cm³/mol. The highest BCUT2D eigenvalue weighted by Gasteiger charge is 2.20. The van der Waals surface area contributed by atoms with Crippen LogP contribution in [0.5, 0.6) is 5.75 Å². The van der Waals surface area contributed by atoms with E-state index in [0.29, 0.717) is 0 Å². The van der Waals surface area contributed by atoms with Gasteiger partial charge in [-0.05, 0) is 49.3 Å². The fourth-order valence-corrected chi connectivity index (χ4v) is 3.16. The highest BCUT2D eigenvalue weighted by molar-refractivity contribution is 5.85. The van der Waals surface area contributed by atoms with Gasteiger partial charge in [0, 0.05) is 37.1 Å². The highest BCUT2D eigenvalue weighted by Crippen LogP contribution is 2.30. The molecule has 1 N–H and O–H groups in total. The molecule has 3 rings (SSSR count). The third-order valence-electron chi connectivity index (χ3n) is 4.38. The van der Waals surface area contributed by atoms with Gasteiger partial charge in [-0.3, -0.25) is 4.98 Å². The third-order valence-corrected chi connectivity index (χ3v) is 4.38. The Balaban J connectivity index is 2.12. The van der Waals surface area contributed by atoms with Crippen molar-refractivity contribution in [2.75, 3.05) is 27.2 Å². The maximum absolute atomic E-state index is 5.41. The van der Waals surface area contributed by atoms with Gasteiger partial charge in [0.05, 0.1) is 12.6 Å². The molecule has 0 saturated carbocycles. The smallest absolute Gasteiger partial charge is 0.119 e. The first kappa shape index (κ1) is 15.3. The van der Waals surface area contributed by atoms with Crippen LogP contribution in [0.1, 0.15) is 30.2 Å². The molecule has 118 valence electrons. The standard InChI is InChI=1S/C18H25N3O/c1-4-8-19-11-15-14-10-13(22-3)5-6-17(14)20-18-7-9-21(2)12-16(15)18/h5-6,10,19H,4,7-9,11-12H2,1-3H3. The number of rotatable bonds is 5. The zero-order chi connectivity index (χ0) is 15.5. The molecule has 1 aliphatic rings. The lowest BCUT2D eigenvalue weighted by atomic mass is 9.95. The lowest BCUT2D eigenvalue weighted by molar-refractivity contribution is 0.308. The second-order valence-corrected chi connectivity index (χ2v) is 6.06. The maximum Gasteiger partial charge on any atom is 0.119 e. The van der Waals surface area contributed by atoms with Gasteiger partial charge in [-0.1, -0.05) is 6.92 Å². The minimum atomic E-state index is 0.898. The van der Waals surface area contributed by atoms with Crippen LogP contribution < -0.4 is 10.1 Å². The van der Waals surface area contributed by atoms with E-state index in [1.165, 1.54) is 22.2 Å². The van der Waals surface area contributed by atoms with E-state index in [1.807, 2.05) is 6.07 Å². The van der Waals surface area contributed by atoms with Crippen molar-refractivity contribution in [3.8, 4) is 5.75 Å². The Morgan fingerprint density at radius 3 is 3.00 bits per heavy atom. The van der Waals surface area contributed by atoms with Crippen molar-refractivity contribution in [3.63, 3.8) is 0 Å². The number of pyridine rings is 1. The Bertz CT molecular complexity index is 669. The van der Waals surface area contributed by atoms with Crippen LogP contribution in [0, 0.1) is 0 Å². The van der Waals surface area contributed by atoms with Crippen LogP contribution in [0.2, 0.25) is 0 Å². The minimum absolute atomic E-state index is 0.898. The van der Waals surface area contributed by atoms with Gasteiger partial charge in [-0.15, -0.1) is 0 Å². The number of likely N-dealkylation sites (N-methyl/N-ethyl adjacent to an activating group) is 1. The molecule has 2 heterocycles. The number of ether oxygens (including phenoxy) is 1. The van der Waals surface area contributed by atoms with Crippen LogP contribution in [0.3, 0.4) is 0 Å². The van der Waals surface area contributed by atoms with Crippen molar-refractivity contribution < 1.29 is 4.74 Å². The Morgan fingerprint density at radius 1 is 1.36 bits per heavy atom. The molecule has 0 aliphatic carbocycles. The van der Waals surface area contributed by atoms with Crippen molar-refractivity contribution in [3.05, 3.63) is 35.0 Å². The van der Waals surface area contributed by atoms with Crippen LogP contribution in [-0.2, 0) is 19.5 Å². The largest absolute Gasteiger partial charge is 0.497 e. The first-order valence-corrected chi connectivity index (χ1v) is 8.10. The molecule has 22 heavy (non-hydrogen) atoms. The average Bonchev–Trinajstić information content (AvgIpc) is 2.54. The minimum Gasteiger partial charge on any atom is -0.497 e. The molecule has 0 unspecified atom stereocenters. The molecule has 0 spiro atoms. The molecule has 1 aliphatic heterocycles. The molecule has 0 bridgehead atoms. The number of fused-ring (bicyclic) bond motifs is 2. The summed E-state index contributed by atoms with van der Waals surface area (Å²) >= 11 is 0. The third kappa shape index (κ3) is 2.94. The van der Waals surface area contributed by atoms with Crippen LogP contribution >= 0.6 is 0 Å². The number of benzene rings is 1. The lowest BCUT2D eigenvalue weighted by Crippen LogP contribution is -2.29. The summed E-state index contributed by atoms with van der Waals surface area (Å²) in [6.07, 6.45) is 2.18. The number of nitrogens with zero attached hydrogens (tertiary/aromatic N) is 2. The first-order valence-electron chi connectivity index (χ1n) is 8.10. The fourth-order valence-electron chi connectivity index (χ4n) is 3.16. The van der Waals surface area contributed by atoms with E-state index in [9.17, 15) is 0 Å². The summed E-state index contributed by atoms with van der Waals surface area (Å²) in [4.78, 5) is 7.28. The molecule has 0 atom stereocenters. The normalized spacial score (nSPS) is 15.0. The Hall–Kier alpha value is -1.65. The van der Waals surface area contributed by atoms with Gasteiger partial charge in [-0.2, -0.15) is 0 Å². The van der Waals surface area contributed by atoms with Crippen LogP contribution in [0.15, 0.2) is 18.2 Å². The van der Waals surface area contributed by atoms with Gasteiger partial charge in [0.25, 0.3) is 0 Å². The molecular weight excluding hydrogens is 274 g/mol. The van der Waals surface area contributed by atoms with Crippen molar-refractivity contribution in [1.29, 1.82) is 0 Å². The first-order chi connectivity index (χ1) is 10.7. The summed E-state index contributed by atoms with van der Waals surface area (Å²) in [5, 5.41) is 4.78. The van der Waals surface area contributed by atoms with Crippen molar-refractivity contribution in [1.82, 2.24) is 15.2 Å². The zero-order valence-corrected chi connectivity index (χ0v) is 13.8. The van der Waals surface area contributed by atoms with Crippen molar-refractivity contribution in [2.45, 2.75) is 32.9 Å². The van der Waals surface area contributed by atoms with Gasteiger partial charge in [0.2, 0.25) is 0 Å². The molecule has 4 heteroatoms. The van der Waals surface area contributed by atoms with E-state index in [2.05, 4.69) is 36.3 Å². The van der Waals surface area contributed by atoms with E-state index in [4.69, 9.17) is 9.72 Å². The summed E-state index contributed by atoms with van der Waals surface area (Å²) in [5.41, 5.74) is 5.14. The van der Waals surface area contributed by atoms with E-state index < -0.39 is 0 Å². The van der Waals surface area contributed by atoms with Gasteiger partial charge in [0.1, 0.15) is 5.75 Å². The number of aromatic nitrogens is 1.